The van der Waals surface area contributed by atoms with Crippen molar-refractivity contribution in [2.45, 2.75) is 13.3 Å². The molecule has 0 atom stereocenters. The summed E-state index contributed by atoms with van der Waals surface area (Å²) in [5.74, 6) is 0.255. The molecule has 3 heterocycles. The van der Waals surface area contributed by atoms with Crippen LogP contribution in [0, 0.1) is 6.92 Å². The summed E-state index contributed by atoms with van der Waals surface area (Å²) >= 11 is 0. The molecular formula is C25H21N3O3. The molecule has 1 aliphatic rings. The Morgan fingerprint density at radius 1 is 0.935 bits per heavy atom. The first-order chi connectivity index (χ1) is 15.1. The molecule has 2 amide bonds. The van der Waals surface area contributed by atoms with Gasteiger partial charge < -0.3 is 19.2 Å². The highest BCUT2D eigenvalue weighted by atomic mass is 16.3. The number of rotatable bonds is 3. The number of aryl methyl sites for hydroxylation is 1. The van der Waals surface area contributed by atoms with Gasteiger partial charge in [0.05, 0.1) is 23.2 Å². The van der Waals surface area contributed by atoms with Gasteiger partial charge in [-0.25, -0.2) is 0 Å². The highest BCUT2D eigenvalue weighted by Crippen LogP contribution is 2.30. The number of hydrogen-bond donors (Lipinski definition) is 1. The summed E-state index contributed by atoms with van der Waals surface area (Å²) in [7, 11) is 0. The first-order valence-corrected chi connectivity index (χ1v) is 10.1. The fraction of sp³-hybridized carbons (Fsp3) is 0.120. The Labute approximate surface area is 179 Å². The minimum atomic E-state index is -0.242. The van der Waals surface area contributed by atoms with Crippen LogP contribution in [0.15, 0.2) is 83.6 Å². The number of nitrogens with zero attached hydrogens (tertiary/aromatic N) is 2. The van der Waals surface area contributed by atoms with Crippen molar-refractivity contribution in [3.05, 3.63) is 102 Å². The van der Waals surface area contributed by atoms with Gasteiger partial charge in [0.25, 0.3) is 11.8 Å². The smallest absolute Gasteiger partial charge is 0.259 e. The van der Waals surface area contributed by atoms with E-state index in [-0.39, 0.29) is 11.8 Å². The molecule has 0 fully saturated rings. The van der Waals surface area contributed by atoms with Crippen LogP contribution in [0.4, 0.5) is 11.4 Å². The molecule has 2 aromatic carbocycles. The fourth-order valence-corrected chi connectivity index (χ4v) is 3.98. The van der Waals surface area contributed by atoms with E-state index in [2.05, 4.69) is 16.0 Å². The Morgan fingerprint density at radius 2 is 1.71 bits per heavy atom. The minimum Gasteiger partial charge on any atom is -0.469 e. The molecule has 0 bridgehead atoms. The number of anilines is 2. The molecular weight excluding hydrogens is 390 g/mol. The van der Waals surface area contributed by atoms with Crippen molar-refractivity contribution in [1.82, 2.24) is 4.57 Å². The summed E-state index contributed by atoms with van der Waals surface area (Å²) in [6, 6.07) is 20.7. The van der Waals surface area contributed by atoms with Gasteiger partial charge in [-0.3, -0.25) is 9.59 Å². The van der Waals surface area contributed by atoms with Crippen LogP contribution in [-0.4, -0.2) is 22.9 Å². The van der Waals surface area contributed by atoms with Crippen molar-refractivity contribution in [1.29, 1.82) is 0 Å². The lowest BCUT2D eigenvalue weighted by Crippen LogP contribution is -2.32. The molecule has 6 nitrogen and oxygen atoms in total. The van der Waals surface area contributed by atoms with Crippen molar-refractivity contribution in [3.63, 3.8) is 0 Å². The molecule has 0 saturated heterocycles. The van der Waals surface area contributed by atoms with E-state index in [0.717, 1.165) is 17.8 Å². The fourth-order valence-electron chi connectivity index (χ4n) is 3.98. The summed E-state index contributed by atoms with van der Waals surface area (Å²) in [6.07, 6.45) is 4.29. The van der Waals surface area contributed by atoms with Gasteiger partial charge in [-0.15, -0.1) is 0 Å². The second-order valence-corrected chi connectivity index (χ2v) is 7.49. The van der Waals surface area contributed by atoms with Gasteiger partial charge in [-0.2, -0.15) is 0 Å². The summed E-state index contributed by atoms with van der Waals surface area (Å²) in [5.41, 5.74) is 4.73. The molecule has 154 valence electrons. The van der Waals surface area contributed by atoms with Gasteiger partial charge in [0.15, 0.2) is 0 Å². The van der Waals surface area contributed by atoms with Crippen LogP contribution in [0.2, 0.25) is 0 Å². The van der Waals surface area contributed by atoms with Crippen LogP contribution in [0.5, 0.6) is 0 Å². The van der Waals surface area contributed by atoms with E-state index in [1.807, 2.05) is 41.4 Å². The number of fused-ring (bicyclic) bond motifs is 3. The normalized spacial score (nSPS) is 12.6. The maximum atomic E-state index is 13.4. The van der Waals surface area contributed by atoms with Crippen LogP contribution >= 0.6 is 0 Å². The summed E-state index contributed by atoms with van der Waals surface area (Å²) < 4.78 is 7.32. The topological polar surface area (TPSA) is 67.5 Å². The van der Waals surface area contributed by atoms with E-state index in [1.54, 1.807) is 37.3 Å². The SMILES string of the molecule is Cc1occc1C(=O)Nc1ccc(C(=O)N2CCc3cccn3-c3ccccc32)cc1. The first-order valence-electron chi connectivity index (χ1n) is 10.1. The van der Waals surface area contributed by atoms with Crippen molar-refractivity contribution >= 4 is 23.2 Å². The van der Waals surface area contributed by atoms with E-state index < -0.39 is 0 Å². The highest BCUT2D eigenvalue weighted by molar-refractivity contribution is 6.08. The molecule has 0 unspecified atom stereocenters. The highest BCUT2D eigenvalue weighted by Gasteiger charge is 2.24. The molecule has 0 aliphatic carbocycles. The van der Waals surface area contributed by atoms with Gasteiger partial charge in [0.1, 0.15) is 5.76 Å². The van der Waals surface area contributed by atoms with Crippen molar-refractivity contribution in [2.24, 2.45) is 0 Å². The molecule has 1 N–H and O–H groups in total. The lowest BCUT2D eigenvalue weighted by molar-refractivity contribution is 0.0986. The van der Waals surface area contributed by atoms with Gasteiger partial charge in [-0.1, -0.05) is 12.1 Å². The van der Waals surface area contributed by atoms with Gasteiger partial charge in [0.2, 0.25) is 0 Å². The number of amides is 2. The zero-order valence-corrected chi connectivity index (χ0v) is 17.0. The Morgan fingerprint density at radius 3 is 2.45 bits per heavy atom. The van der Waals surface area contributed by atoms with Crippen LogP contribution in [-0.2, 0) is 6.42 Å². The van der Waals surface area contributed by atoms with Crippen LogP contribution in [0.1, 0.15) is 32.2 Å². The Bertz CT molecular complexity index is 1270. The molecule has 5 rings (SSSR count). The van der Waals surface area contributed by atoms with E-state index in [0.29, 0.717) is 29.1 Å². The van der Waals surface area contributed by atoms with Crippen molar-refractivity contribution in [2.75, 3.05) is 16.8 Å². The monoisotopic (exact) mass is 411 g/mol. The van der Waals surface area contributed by atoms with Crippen molar-refractivity contribution in [3.8, 4) is 5.69 Å². The Balaban J connectivity index is 1.39. The van der Waals surface area contributed by atoms with E-state index in [1.165, 1.54) is 12.0 Å². The Hall–Kier alpha value is -4.06. The molecule has 1 aliphatic heterocycles. The largest absolute Gasteiger partial charge is 0.469 e. The third kappa shape index (κ3) is 3.42. The maximum Gasteiger partial charge on any atom is 0.259 e. The van der Waals surface area contributed by atoms with Crippen LogP contribution in [0.3, 0.4) is 0 Å². The maximum absolute atomic E-state index is 13.4. The molecule has 2 aromatic heterocycles. The van der Waals surface area contributed by atoms with Crippen molar-refractivity contribution < 1.29 is 14.0 Å². The number of carbonyl (C=O) groups excluding carboxylic acids is 2. The van der Waals surface area contributed by atoms with E-state index in [9.17, 15) is 9.59 Å². The lowest BCUT2D eigenvalue weighted by Gasteiger charge is -2.23. The van der Waals surface area contributed by atoms with Crippen LogP contribution in [0.25, 0.3) is 5.69 Å². The average molecular weight is 411 g/mol. The minimum absolute atomic E-state index is 0.0678. The number of aromatic nitrogens is 1. The van der Waals surface area contributed by atoms with Gasteiger partial charge in [-0.05, 0) is 61.5 Å². The number of nitrogens with one attached hydrogen (secondary N) is 1. The second-order valence-electron chi connectivity index (χ2n) is 7.49. The molecule has 0 spiro atoms. The zero-order chi connectivity index (χ0) is 21.4. The number of para-hydroxylation sites is 2. The van der Waals surface area contributed by atoms with Gasteiger partial charge in [0, 0.05) is 36.1 Å². The lowest BCUT2D eigenvalue weighted by atomic mass is 10.1. The standard InChI is InChI=1S/C25H21N3O3/c1-17-21(13-16-31-17)24(29)26-19-10-8-18(9-11-19)25(30)28-15-12-20-5-4-14-27(20)22-6-2-3-7-23(22)28/h2-11,13-14,16H,12,15H2,1H3,(H,26,29). The third-order valence-corrected chi connectivity index (χ3v) is 5.60. The predicted octanol–water partition coefficient (Wildman–Crippen LogP) is 4.83. The number of benzene rings is 2. The first kappa shape index (κ1) is 18.9. The van der Waals surface area contributed by atoms with E-state index in [4.69, 9.17) is 4.42 Å². The molecule has 31 heavy (non-hydrogen) atoms. The van der Waals surface area contributed by atoms with E-state index >= 15 is 0 Å². The predicted molar refractivity (Wildman–Crippen MR) is 119 cm³/mol. The molecule has 4 aromatic rings. The number of hydrogen-bond acceptors (Lipinski definition) is 3. The third-order valence-electron chi connectivity index (χ3n) is 5.60. The second kappa shape index (κ2) is 7.65. The summed E-state index contributed by atoms with van der Waals surface area (Å²) in [6.45, 7) is 2.34. The van der Waals surface area contributed by atoms with Crippen LogP contribution < -0.4 is 10.2 Å². The molecule has 6 heteroatoms. The molecule has 0 radical (unpaired) electrons. The Kier molecular flexibility index (Phi) is 4.67. The zero-order valence-electron chi connectivity index (χ0n) is 17.0. The summed E-state index contributed by atoms with van der Waals surface area (Å²) in [4.78, 5) is 27.6. The number of carbonyl (C=O) groups is 2. The molecule has 0 saturated carbocycles. The van der Waals surface area contributed by atoms with Gasteiger partial charge >= 0.3 is 0 Å². The quantitative estimate of drug-likeness (QED) is 0.525. The summed E-state index contributed by atoms with van der Waals surface area (Å²) in [5, 5.41) is 2.84. The number of furan rings is 1. The average Bonchev–Trinajstić information content (AvgIpc) is 3.40.